The van der Waals surface area contributed by atoms with Crippen molar-refractivity contribution in [1.82, 2.24) is 9.47 Å². The van der Waals surface area contributed by atoms with Gasteiger partial charge in [-0.2, -0.15) is 0 Å². The van der Waals surface area contributed by atoms with Crippen LogP contribution in [0.2, 0.25) is 0 Å². The van der Waals surface area contributed by atoms with Gasteiger partial charge in [-0.05, 0) is 37.6 Å². The van der Waals surface area contributed by atoms with E-state index in [1.54, 1.807) is 7.11 Å². The number of nitrogens with zero attached hydrogens (tertiary/aromatic N) is 2. The number of allylic oxidation sites excluding steroid dienone is 1. The maximum Gasteiger partial charge on any atom is 0.231 e. The molecule has 6 heteroatoms. The van der Waals surface area contributed by atoms with Crippen LogP contribution in [-0.4, -0.2) is 42.2 Å². The van der Waals surface area contributed by atoms with E-state index in [1.807, 2.05) is 30.3 Å². The number of aromatic nitrogens is 1. The summed E-state index contributed by atoms with van der Waals surface area (Å²) in [7, 11) is 1.71. The standard InChI is InChI=1S/C25H26N2O4/c1-3-27-14-17(18-7-4-5-8-21(18)27)13-23-24(28)19-9-10-22-20(25(19)31-23)15-26(16-30-22)11-6-12-29-2/h4-5,7-10,13-14H,3,6,11-12,15-16H2,1-2H3/b23-13-. The van der Waals surface area contributed by atoms with E-state index >= 15 is 0 Å². The number of methoxy groups -OCH3 is 1. The summed E-state index contributed by atoms with van der Waals surface area (Å²) in [5.74, 6) is 1.70. The maximum atomic E-state index is 13.1. The highest BCUT2D eigenvalue weighted by atomic mass is 16.5. The van der Waals surface area contributed by atoms with Gasteiger partial charge in [0, 0.05) is 56.0 Å². The second kappa shape index (κ2) is 8.21. The van der Waals surface area contributed by atoms with E-state index < -0.39 is 0 Å². The molecular formula is C25H26N2O4. The minimum atomic E-state index is -0.0809. The topological polar surface area (TPSA) is 52.9 Å². The summed E-state index contributed by atoms with van der Waals surface area (Å²) in [6.07, 6.45) is 4.87. The van der Waals surface area contributed by atoms with Crippen molar-refractivity contribution >= 4 is 22.8 Å². The first kappa shape index (κ1) is 19.8. The first-order valence-electron chi connectivity index (χ1n) is 10.7. The van der Waals surface area contributed by atoms with Gasteiger partial charge in [0.1, 0.15) is 18.2 Å². The second-order valence-corrected chi connectivity index (χ2v) is 7.92. The van der Waals surface area contributed by atoms with Crippen molar-refractivity contribution in [2.75, 3.05) is 27.0 Å². The third-order valence-electron chi connectivity index (χ3n) is 5.95. The number of ketones is 1. The van der Waals surface area contributed by atoms with Crippen LogP contribution < -0.4 is 9.47 Å². The number of carbonyl (C=O) groups is 1. The van der Waals surface area contributed by atoms with Crippen molar-refractivity contribution in [2.45, 2.75) is 26.4 Å². The summed E-state index contributed by atoms with van der Waals surface area (Å²) in [5.41, 5.74) is 3.68. The quantitative estimate of drug-likeness (QED) is 0.437. The SMILES string of the molecule is CCn1cc(/C=C2\Oc3c(ccc4c3CN(CCCOC)CO4)C2=O)c2ccccc21. The Kier molecular flexibility index (Phi) is 5.26. The summed E-state index contributed by atoms with van der Waals surface area (Å²) in [5, 5.41) is 1.11. The second-order valence-electron chi connectivity index (χ2n) is 7.92. The van der Waals surface area contributed by atoms with Crippen LogP contribution in [0, 0.1) is 0 Å². The molecular weight excluding hydrogens is 392 g/mol. The number of carbonyl (C=O) groups excluding carboxylic acids is 1. The lowest BCUT2D eigenvalue weighted by atomic mass is 10.0. The van der Waals surface area contributed by atoms with Crippen LogP contribution in [0.4, 0.5) is 0 Å². The van der Waals surface area contributed by atoms with Gasteiger partial charge in [0.2, 0.25) is 5.78 Å². The molecule has 0 aliphatic carbocycles. The van der Waals surface area contributed by atoms with E-state index in [1.165, 1.54) is 0 Å². The first-order valence-corrected chi connectivity index (χ1v) is 10.7. The van der Waals surface area contributed by atoms with Gasteiger partial charge < -0.3 is 18.8 Å². The number of fused-ring (bicyclic) bond motifs is 4. The van der Waals surface area contributed by atoms with Crippen LogP contribution in [0.3, 0.4) is 0 Å². The molecule has 2 aromatic carbocycles. The first-order chi connectivity index (χ1) is 15.2. The fourth-order valence-electron chi connectivity index (χ4n) is 4.37. The molecule has 0 fully saturated rings. The highest BCUT2D eigenvalue weighted by Crippen LogP contribution is 2.42. The number of hydrogen-bond acceptors (Lipinski definition) is 5. The van der Waals surface area contributed by atoms with Gasteiger partial charge in [-0.25, -0.2) is 0 Å². The Morgan fingerprint density at radius 1 is 1.19 bits per heavy atom. The van der Waals surface area contributed by atoms with Crippen molar-refractivity contribution in [3.05, 3.63) is 65.0 Å². The number of rotatable bonds is 6. The summed E-state index contributed by atoms with van der Waals surface area (Å²) in [6, 6.07) is 11.9. The monoisotopic (exact) mass is 418 g/mol. The minimum absolute atomic E-state index is 0.0809. The Morgan fingerprint density at radius 3 is 2.90 bits per heavy atom. The van der Waals surface area contributed by atoms with Gasteiger partial charge in [0.15, 0.2) is 5.76 Å². The highest BCUT2D eigenvalue weighted by Gasteiger charge is 2.33. The van der Waals surface area contributed by atoms with Crippen molar-refractivity contribution in [3.8, 4) is 11.5 Å². The van der Waals surface area contributed by atoms with Crippen molar-refractivity contribution in [3.63, 3.8) is 0 Å². The van der Waals surface area contributed by atoms with E-state index in [2.05, 4.69) is 34.7 Å². The van der Waals surface area contributed by atoms with E-state index in [4.69, 9.17) is 14.2 Å². The maximum absolute atomic E-state index is 13.1. The lowest BCUT2D eigenvalue weighted by Gasteiger charge is -2.29. The zero-order valence-corrected chi connectivity index (χ0v) is 17.9. The number of para-hydroxylation sites is 1. The number of hydrogen-bond donors (Lipinski definition) is 0. The Bertz CT molecular complexity index is 1180. The third-order valence-corrected chi connectivity index (χ3v) is 5.95. The molecule has 0 radical (unpaired) electrons. The van der Waals surface area contributed by atoms with Gasteiger partial charge in [-0.1, -0.05) is 18.2 Å². The van der Waals surface area contributed by atoms with E-state index in [0.717, 1.165) is 47.3 Å². The highest BCUT2D eigenvalue weighted by molar-refractivity contribution is 6.15. The summed E-state index contributed by atoms with van der Waals surface area (Å²) in [4.78, 5) is 15.3. The smallest absolute Gasteiger partial charge is 0.231 e. The fourth-order valence-corrected chi connectivity index (χ4v) is 4.37. The number of ether oxygens (including phenoxy) is 3. The molecule has 0 spiro atoms. The number of Topliss-reactive ketones (excluding diaryl/α,β-unsaturated/α-hetero) is 1. The molecule has 2 aliphatic rings. The predicted octanol–water partition coefficient (Wildman–Crippen LogP) is 4.47. The Morgan fingerprint density at radius 2 is 2.06 bits per heavy atom. The molecule has 160 valence electrons. The molecule has 0 atom stereocenters. The molecule has 2 aliphatic heterocycles. The zero-order chi connectivity index (χ0) is 21.4. The summed E-state index contributed by atoms with van der Waals surface area (Å²) >= 11 is 0. The van der Waals surface area contributed by atoms with Crippen LogP contribution in [0.5, 0.6) is 11.5 Å². The van der Waals surface area contributed by atoms with Gasteiger partial charge in [-0.15, -0.1) is 0 Å². The summed E-state index contributed by atoms with van der Waals surface area (Å²) in [6.45, 7) is 5.78. The molecule has 6 nitrogen and oxygen atoms in total. The van der Waals surface area contributed by atoms with Crippen LogP contribution in [-0.2, 0) is 17.8 Å². The molecule has 0 N–H and O–H groups in total. The van der Waals surface area contributed by atoms with E-state index in [-0.39, 0.29) is 5.78 Å². The van der Waals surface area contributed by atoms with Crippen LogP contribution in [0.25, 0.3) is 17.0 Å². The van der Waals surface area contributed by atoms with Gasteiger partial charge in [0.05, 0.1) is 11.1 Å². The molecule has 1 aromatic heterocycles. The van der Waals surface area contributed by atoms with Gasteiger partial charge >= 0.3 is 0 Å². The number of aryl methyl sites for hydroxylation is 1. The fraction of sp³-hybridized carbons (Fsp3) is 0.320. The molecule has 31 heavy (non-hydrogen) atoms. The predicted molar refractivity (Wildman–Crippen MR) is 119 cm³/mol. The molecule has 0 amide bonds. The third kappa shape index (κ3) is 3.52. The molecule has 0 saturated heterocycles. The molecule has 0 saturated carbocycles. The van der Waals surface area contributed by atoms with Crippen LogP contribution in [0.15, 0.2) is 48.4 Å². The summed E-state index contributed by atoms with van der Waals surface area (Å²) < 4.78 is 19.4. The lowest BCUT2D eigenvalue weighted by molar-refractivity contribution is 0.0823. The van der Waals surface area contributed by atoms with Gasteiger partial charge in [0.25, 0.3) is 0 Å². The molecule has 3 heterocycles. The number of benzene rings is 2. The molecule has 0 bridgehead atoms. The Hall–Kier alpha value is -3.09. The van der Waals surface area contributed by atoms with Crippen molar-refractivity contribution in [1.29, 1.82) is 0 Å². The van der Waals surface area contributed by atoms with E-state index in [9.17, 15) is 4.79 Å². The van der Waals surface area contributed by atoms with Crippen molar-refractivity contribution in [2.24, 2.45) is 0 Å². The lowest BCUT2D eigenvalue weighted by Crippen LogP contribution is -2.33. The van der Waals surface area contributed by atoms with Gasteiger partial charge in [-0.3, -0.25) is 9.69 Å². The Labute approximate surface area is 181 Å². The molecule has 3 aromatic rings. The molecule has 0 unspecified atom stereocenters. The van der Waals surface area contributed by atoms with Crippen molar-refractivity contribution < 1.29 is 19.0 Å². The normalized spacial score (nSPS) is 17.0. The largest absolute Gasteiger partial charge is 0.478 e. The van der Waals surface area contributed by atoms with Crippen LogP contribution >= 0.6 is 0 Å². The van der Waals surface area contributed by atoms with Crippen LogP contribution in [0.1, 0.15) is 34.8 Å². The van der Waals surface area contributed by atoms with E-state index in [0.29, 0.717) is 37.0 Å². The average molecular weight is 418 g/mol. The Balaban J connectivity index is 1.47. The molecule has 5 rings (SSSR count). The average Bonchev–Trinajstić information content (AvgIpc) is 3.32. The zero-order valence-electron chi connectivity index (χ0n) is 17.9. The minimum Gasteiger partial charge on any atom is -0.478 e.